The van der Waals surface area contributed by atoms with Gasteiger partial charge in [-0.25, -0.2) is 16.8 Å². The molecule has 0 aliphatic carbocycles. The van der Waals surface area contributed by atoms with Crippen LogP contribution in [0.3, 0.4) is 0 Å². The summed E-state index contributed by atoms with van der Waals surface area (Å²) in [6.45, 7) is 0. The lowest BCUT2D eigenvalue weighted by atomic mass is 11.1. The van der Waals surface area contributed by atoms with E-state index < -0.39 is 0 Å². The molecule has 0 aliphatic heterocycles. The van der Waals surface area contributed by atoms with E-state index in [0.29, 0.717) is 5.12 Å². The predicted octanol–water partition coefficient (Wildman–Crippen LogP) is -1.45. The zero-order valence-electron chi connectivity index (χ0n) is 3.59. The van der Waals surface area contributed by atoms with Crippen LogP contribution in [0.25, 0.3) is 0 Å². The van der Waals surface area contributed by atoms with Gasteiger partial charge in [0.15, 0.2) is 0 Å². The number of nitrogens with two attached hydrogens (primary N) is 3. The Morgan fingerprint density at radius 3 is 1.57 bits per heavy atom. The van der Waals surface area contributed by atoms with Crippen LogP contribution in [0.1, 0.15) is 0 Å². The summed E-state index contributed by atoms with van der Waals surface area (Å²) in [6, 6.07) is 0. The fraction of sp³-hybridized carbons (Fsp3) is 0. The minimum atomic E-state index is -0.352. The molecule has 0 heterocycles. The number of rotatable bonds is 0. The number of nitrogens with zero attached hydrogens (tertiary/aromatic N) is 1. The van der Waals surface area contributed by atoms with Gasteiger partial charge in [0.05, 0.1) is 0 Å². The Hall–Kier alpha value is -0.0800. The van der Waals surface area contributed by atoms with E-state index in [1.807, 2.05) is 0 Å². The summed E-state index contributed by atoms with van der Waals surface area (Å²) < 4.78 is 0. The third-order valence-electron chi connectivity index (χ3n) is 0.278. The molecule has 0 rings (SSSR count). The molecule has 0 unspecified atom stereocenters. The normalized spacial score (nSPS) is 6.57. The fourth-order valence-electron chi connectivity index (χ4n) is 0. The maximum atomic E-state index is 6.40. The van der Waals surface area contributed by atoms with Crippen molar-refractivity contribution < 1.29 is 0 Å². The Bertz CT molecular complexity index is 59.1. The first-order valence-electron chi connectivity index (χ1n) is 1.28. The molecule has 0 radical (unpaired) electrons. The maximum absolute atomic E-state index is 6.40. The zero-order chi connectivity index (χ0) is 5.15. The summed E-state index contributed by atoms with van der Waals surface area (Å²) in [5, 5.41) is 6.93. The molecule has 6 heteroatoms. The Kier molecular flexibility index (Phi) is 5.85. The monoisotopic (exact) mass is 217 g/mol. The predicted molar refractivity (Wildman–Crippen MR) is 37.5 cm³/mol. The van der Waals surface area contributed by atoms with Crippen LogP contribution in [0.2, 0.25) is 0 Å². The second-order valence-electron chi connectivity index (χ2n) is 0.793. The van der Waals surface area contributed by atoms with Gasteiger partial charge < -0.3 is 5.73 Å². The highest BCUT2D eigenvalue weighted by Gasteiger charge is 1.84. The first kappa shape index (κ1) is 10.0. The average Bonchev–Trinajstić information content (AvgIpc) is 1.36. The zero-order valence-corrected chi connectivity index (χ0v) is 5.92. The van der Waals surface area contributed by atoms with E-state index in [0.717, 1.165) is 0 Å². The summed E-state index contributed by atoms with van der Waals surface area (Å²) in [7, 11) is 0. The number of hydrogen-bond acceptors (Lipinski definition) is 3. The Balaban J connectivity index is 0. The number of halogens is 1. The van der Waals surface area contributed by atoms with Crippen molar-refractivity contribution >= 4 is 29.9 Å². The van der Waals surface area contributed by atoms with Gasteiger partial charge in [-0.15, -0.1) is 24.0 Å². The van der Waals surface area contributed by atoms with Gasteiger partial charge in [-0.3, -0.25) is 5.41 Å². The van der Waals surface area contributed by atoms with Crippen molar-refractivity contribution in [3.8, 4) is 0 Å². The highest BCUT2D eigenvalue weighted by Crippen LogP contribution is 1.48. The van der Waals surface area contributed by atoms with Gasteiger partial charge in [-0.1, -0.05) is 0 Å². The molecule has 5 nitrogen and oxygen atoms in total. The van der Waals surface area contributed by atoms with Crippen LogP contribution in [0.5, 0.6) is 0 Å². The van der Waals surface area contributed by atoms with E-state index in [9.17, 15) is 0 Å². The van der Waals surface area contributed by atoms with Crippen molar-refractivity contribution in [3.63, 3.8) is 0 Å². The molecule has 7 heavy (non-hydrogen) atoms. The van der Waals surface area contributed by atoms with Crippen molar-refractivity contribution in [2.75, 3.05) is 0 Å². The average molecular weight is 217 g/mol. The van der Waals surface area contributed by atoms with Crippen LogP contribution in [-0.4, -0.2) is 11.1 Å². The fourth-order valence-corrected chi connectivity index (χ4v) is 0. The molecule has 0 saturated carbocycles. The van der Waals surface area contributed by atoms with E-state index in [4.69, 9.17) is 22.8 Å². The van der Waals surface area contributed by atoms with Crippen LogP contribution in [-0.2, 0) is 0 Å². The molecule has 0 amide bonds. The van der Waals surface area contributed by atoms with Crippen LogP contribution in [0.4, 0.5) is 0 Å². The third kappa shape index (κ3) is 5.92. The van der Waals surface area contributed by atoms with E-state index in [-0.39, 0.29) is 29.9 Å². The molecule has 0 saturated heterocycles. The standard InChI is InChI=1S/CH7N5.HI/c2-1(3)6(4)5;/h4-5H2,(H3,2,3);1H. The molecule has 7 N–H and O–H groups in total. The maximum Gasteiger partial charge on any atom is 0.218 e. The number of guanidine groups is 1. The SMILES string of the molecule is I.N=C(N)N(N)N. The van der Waals surface area contributed by atoms with Gasteiger partial charge in [0.25, 0.3) is 0 Å². The third-order valence-corrected chi connectivity index (χ3v) is 0.278. The summed E-state index contributed by atoms with van der Waals surface area (Å²) in [5.41, 5.74) is 4.69. The van der Waals surface area contributed by atoms with Gasteiger partial charge >= 0.3 is 0 Å². The van der Waals surface area contributed by atoms with Crippen LogP contribution < -0.4 is 17.4 Å². The van der Waals surface area contributed by atoms with Gasteiger partial charge in [-0.2, -0.15) is 0 Å². The van der Waals surface area contributed by atoms with Crippen LogP contribution in [0.15, 0.2) is 0 Å². The van der Waals surface area contributed by atoms with Crippen LogP contribution in [0, 0.1) is 5.41 Å². The second-order valence-corrected chi connectivity index (χ2v) is 0.793. The number of hydrazine groups is 2. The highest BCUT2D eigenvalue weighted by atomic mass is 127. The van der Waals surface area contributed by atoms with E-state index >= 15 is 0 Å². The summed E-state index contributed by atoms with van der Waals surface area (Å²) in [6.07, 6.45) is 0. The second kappa shape index (κ2) is 4.09. The van der Waals surface area contributed by atoms with Crippen molar-refractivity contribution in [2.45, 2.75) is 0 Å². The molecule has 44 valence electrons. The molecular weight excluding hydrogens is 209 g/mol. The number of hydrogen-bond donors (Lipinski definition) is 4. The minimum Gasteiger partial charge on any atom is -0.368 e. The highest BCUT2D eigenvalue weighted by molar-refractivity contribution is 14.0. The van der Waals surface area contributed by atoms with E-state index in [1.165, 1.54) is 0 Å². The summed E-state index contributed by atoms with van der Waals surface area (Å²) in [4.78, 5) is 0. The summed E-state index contributed by atoms with van der Waals surface area (Å²) >= 11 is 0. The quantitative estimate of drug-likeness (QED) is 0.131. The van der Waals surface area contributed by atoms with Gasteiger partial charge in [0, 0.05) is 0 Å². The molecule has 0 aliphatic rings. The first-order valence-corrected chi connectivity index (χ1v) is 1.28. The Morgan fingerprint density at radius 2 is 1.57 bits per heavy atom. The van der Waals surface area contributed by atoms with E-state index in [2.05, 4.69) is 0 Å². The van der Waals surface area contributed by atoms with Crippen molar-refractivity contribution in [1.29, 1.82) is 5.41 Å². The molecule has 0 atom stereocenters. The molecule has 0 aromatic heterocycles. The minimum absolute atomic E-state index is 0. The largest absolute Gasteiger partial charge is 0.368 e. The molecule has 0 spiro atoms. The number of nitrogens with one attached hydrogen (secondary N) is 1. The lowest BCUT2D eigenvalue weighted by Gasteiger charge is -2.04. The smallest absolute Gasteiger partial charge is 0.218 e. The molecule has 0 aromatic carbocycles. The van der Waals surface area contributed by atoms with Crippen molar-refractivity contribution in [2.24, 2.45) is 17.4 Å². The molecular formula is CH8IN5. The molecule has 0 fully saturated rings. The molecule has 0 aromatic rings. The Morgan fingerprint density at radius 1 is 1.43 bits per heavy atom. The lowest BCUT2D eigenvalue weighted by Crippen LogP contribution is -2.47. The van der Waals surface area contributed by atoms with Gasteiger partial charge in [-0.05, 0) is 0 Å². The van der Waals surface area contributed by atoms with Crippen LogP contribution >= 0.6 is 24.0 Å². The summed E-state index contributed by atoms with van der Waals surface area (Å²) in [5.74, 6) is 9.04. The van der Waals surface area contributed by atoms with Gasteiger partial charge in [0.2, 0.25) is 5.96 Å². The van der Waals surface area contributed by atoms with Gasteiger partial charge in [0.1, 0.15) is 0 Å². The lowest BCUT2D eigenvalue weighted by molar-refractivity contribution is 0.456. The van der Waals surface area contributed by atoms with Crippen molar-refractivity contribution in [1.82, 2.24) is 5.12 Å². The topological polar surface area (TPSA) is 105 Å². The molecule has 0 bridgehead atoms. The van der Waals surface area contributed by atoms with E-state index in [1.54, 1.807) is 0 Å². The van der Waals surface area contributed by atoms with Crippen molar-refractivity contribution in [3.05, 3.63) is 0 Å². The Labute approximate surface area is 58.3 Å². The first-order chi connectivity index (χ1) is 2.64.